The van der Waals surface area contributed by atoms with Gasteiger partial charge in [-0.05, 0) is 23.6 Å². The fourth-order valence-electron chi connectivity index (χ4n) is 1.80. The molecule has 0 aliphatic rings. The largest absolute Gasteiger partial charge is 0.375 e. The Hall–Kier alpha value is -1.13. The van der Waals surface area contributed by atoms with E-state index in [1.807, 2.05) is 0 Å². The van der Waals surface area contributed by atoms with Crippen LogP contribution in [0.3, 0.4) is 0 Å². The van der Waals surface area contributed by atoms with E-state index in [0.29, 0.717) is 22.5 Å². The van der Waals surface area contributed by atoms with Gasteiger partial charge in [0.15, 0.2) is 5.13 Å². The standard InChI is InChI=1S/C13H14ClFN2S/c1-7(2)12-11(18-13(16)17-12)5-8-3-4-9(15)6-10(8)14/h3-4,6-7H,5H2,1-2H3,(H2,16,17). The van der Waals surface area contributed by atoms with Crippen LogP contribution in [-0.4, -0.2) is 4.98 Å². The minimum atomic E-state index is -0.323. The number of nitrogen functional groups attached to an aromatic ring is 1. The average molecular weight is 285 g/mol. The number of thiazole rings is 1. The minimum Gasteiger partial charge on any atom is -0.375 e. The Morgan fingerprint density at radius 1 is 1.44 bits per heavy atom. The molecule has 0 radical (unpaired) electrons. The van der Waals surface area contributed by atoms with Crippen molar-refractivity contribution < 1.29 is 4.39 Å². The number of nitrogens with two attached hydrogens (primary N) is 1. The smallest absolute Gasteiger partial charge is 0.180 e. The summed E-state index contributed by atoms with van der Waals surface area (Å²) in [5, 5.41) is 1.00. The Bertz CT molecular complexity index is 566. The highest BCUT2D eigenvalue weighted by Gasteiger charge is 2.14. The van der Waals surface area contributed by atoms with Gasteiger partial charge in [0.1, 0.15) is 5.82 Å². The molecule has 2 N–H and O–H groups in total. The number of aromatic nitrogens is 1. The summed E-state index contributed by atoms with van der Waals surface area (Å²) in [5.41, 5.74) is 7.64. The lowest BCUT2D eigenvalue weighted by Gasteiger charge is -2.06. The van der Waals surface area contributed by atoms with E-state index in [2.05, 4.69) is 18.8 Å². The fraction of sp³-hybridized carbons (Fsp3) is 0.308. The van der Waals surface area contributed by atoms with Crippen molar-refractivity contribution in [2.24, 2.45) is 0 Å². The van der Waals surface area contributed by atoms with Crippen LogP contribution in [0.25, 0.3) is 0 Å². The van der Waals surface area contributed by atoms with E-state index in [0.717, 1.165) is 16.1 Å². The molecule has 1 aromatic carbocycles. The molecular formula is C13H14ClFN2S. The van der Waals surface area contributed by atoms with Crippen molar-refractivity contribution >= 4 is 28.1 Å². The summed E-state index contributed by atoms with van der Waals surface area (Å²) in [6.07, 6.45) is 0.640. The average Bonchev–Trinajstić information content (AvgIpc) is 2.64. The van der Waals surface area contributed by atoms with Crippen LogP contribution in [0.2, 0.25) is 5.02 Å². The Morgan fingerprint density at radius 2 is 2.17 bits per heavy atom. The third-order valence-electron chi connectivity index (χ3n) is 2.66. The maximum Gasteiger partial charge on any atom is 0.180 e. The molecule has 0 fully saturated rings. The second kappa shape index (κ2) is 5.24. The molecule has 18 heavy (non-hydrogen) atoms. The molecule has 0 saturated heterocycles. The van der Waals surface area contributed by atoms with Crippen LogP contribution in [0.4, 0.5) is 9.52 Å². The predicted molar refractivity (Wildman–Crippen MR) is 74.8 cm³/mol. The van der Waals surface area contributed by atoms with Crippen molar-refractivity contribution in [3.8, 4) is 0 Å². The molecule has 0 saturated carbocycles. The predicted octanol–water partition coefficient (Wildman–Crippen LogP) is 4.23. The van der Waals surface area contributed by atoms with E-state index < -0.39 is 0 Å². The van der Waals surface area contributed by atoms with Crippen LogP contribution in [0.1, 0.15) is 35.9 Å². The molecule has 0 atom stereocenters. The van der Waals surface area contributed by atoms with Gasteiger partial charge < -0.3 is 5.73 Å². The molecule has 0 amide bonds. The molecular weight excluding hydrogens is 271 g/mol. The normalized spacial score (nSPS) is 11.2. The summed E-state index contributed by atoms with van der Waals surface area (Å²) in [7, 11) is 0. The first-order valence-corrected chi connectivity index (χ1v) is 6.86. The van der Waals surface area contributed by atoms with Crippen LogP contribution in [0.15, 0.2) is 18.2 Å². The van der Waals surface area contributed by atoms with E-state index in [-0.39, 0.29) is 5.82 Å². The van der Waals surface area contributed by atoms with Gasteiger partial charge >= 0.3 is 0 Å². The van der Waals surface area contributed by atoms with Crippen molar-refractivity contribution in [2.75, 3.05) is 5.73 Å². The summed E-state index contributed by atoms with van der Waals surface area (Å²) in [4.78, 5) is 5.43. The number of rotatable bonds is 3. The maximum absolute atomic E-state index is 13.0. The second-order valence-corrected chi connectivity index (χ2v) is 5.95. The summed E-state index contributed by atoms with van der Waals surface area (Å²) >= 11 is 7.50. The number of benzene rings is 1. The maximum atomic E-state index is 13.0. The second-order valence-electron chi connectivity index (χ2n) is 4.43. The minimum absolute atomic E-state index is 0.313. The highest BCUT2D eigenvalue weighted by atomic mass is 35.5. The number of anilines is 1. The molecule has 0 spiro atoms. The Kier molecular flexibility index (Phi) is 3.88. The van der Waals surface area contributed by atoms with Gasteiger partial charge in [-0.3, -0.25) is 0 Å². The zero-order valence-electron chi connectivity index (χ0n) is 10.2. The molecule has 1 heterocycles. The van der Waals surface area contributed by atoms with Crippen LogP contribution in [0, 0.1) is 5.82 Å². The molecule has 2 nitrogen and oxygen atoms in total. The molecule has 5 heteroatoms. The molecule has 96 valence electrons. The zero-order valence-corrected chi connectivity index (χ0v) is 11.8. The summed E-state index contributed by atoms with van der Waals surface area (Å²) in [5.74, 6) is -0.00979. The quantitative estimate of drug-likeness (QED) is 0.916. The first kappa shape index (κ1) is 13.3. The van der Waals surface area contributed by atoms with E-state index in [1.54, 1.807) is 6.07 Å². The van der Waals surface area contributed by atoms with Crippen molar-refractivity contribution in [3.05, 3.63) is 45.2 Å². The molecule has 0 aliphatic heterocycles. The Balaban J connectivity index is 2.33. The van der Waals surface area contributed by atoms with Gasteiger partial charge in [-0.25, -0.2) is 9.37 Å². The van der Waals surface area contributed by atoms with E-state index in [9.17, 15) is 4.39 Å². The van der Waals surface area contributed by atoms with Gasteiger partial charge in [0.05, 0.1) is 5.69 Å². The zero-order chi connectivity index (χ0) is 13.3. The van der Waals surface area contributed by atoms with Gasteiger partial charge in [-0.2, -0.15) is 0 Å². The lowest BCUT2D eigenvalue weighted by atomic mass is 10.0. The van der Waals surface area contributed by atoms with Crippen molar-refractivity contribution in [1.29, 1.82) is 0 Å². The molecule has 2 aromatic rings. The monoisotopic (exact) mass is 284 g/mol. The molecule has 0 unspecified atom stereocenters. The number of hydrogen-bond acceptors (Lipinski definition) is 3. The Labute approximate surface area is 115 Å². The SMILES string of the molecule is CC(C)c1nc(N)sc1Cc1ccc(F)cc1Cl. The lowest BCUT2D eigenvalue weighted by molar-refractivity contribution is 0.627. The van der Waals surface area contributed by atoms with Crippen LogP contribution in [-0.2, 0) is 6.42 Å². The van der Waals surface area contributed by atoms with Crippen molar-refractivity contribution in [1.82, 2.24) is 4.98 Å². The first-order valence-electron chi connectivity index (χ1n) is 5.66. The third kappa shape index (κ3) is 2.82. The van der Waals surface area contributed by atoms with Crippen LogP contribution in [0.5, 0.6) is 0 Å². The molecule has 0 aliphatic carbocycles. The number of hydrogen-bond donors (Lipinski definition) is 1. The van der Waals surface area contributed by atoms with Gasteiger partial charge in [0.25, 0.3) is 0 Å². The van der Waals surface area contributed by atoms with Crippen LogP contribution < -0.4 is 5.73 Å². The molecule has 0 bridgehead atoms. The third-order valence-corrected chi connectivity index (χ3v) is 3.91. The molecule has 2 rings (SSSR count). The van der Waals surface area contributed by atoms with Gasteiger partial charge in [0, 0.05) is 16.3 Å². The highest BCUT2D eigenvalue weighted by molar-refractivity contribution is 7.15. The number of halogens is 2. The van der Waals surface area contributed by atoms with E-state index in [1.165, 1.54) is 23.5 Å². The Morgan fingerprint density at radius 3 is 2.78 bits per heavy atom. The van der Waals surface area contributed by atoms with E-state index >= 15 is 0 Å². The van der Waals surface area contributed by atoms with Gasteiger partial charge in [-0.1, -0.05) is 31.5 Å². The summed E-state index contributed by atoms with van der Waals surface area (Å²) in [6.45, 7) is 4.15. The summed E-state index contributed by atoms with van der Waals surface area (Å²) in [6, 6.07) is 4.45. The van der Waals surface area contributed by atoms with Crippen LogP contribution >= 0.6 is 22.9 Å². The summed E-state index contributed by atoms with van der Waals surface area (Å²) < 4.78 is 13.0. The van der Waals surface area contributed by atoms with Crippen molar-refractivity contribution in [2.45, 2.75) is 26.2 Å². The molecule has 1 aromatic heterocycles. The van der Waals surface area contributed by atoms with Gasteiger partial charge in [-0.15, -0.1) is 11.3 Å². The number of nitrogens with zero attached hydrogens (tertiary/aromatic N) is 1. The highest BCUT2D eigenvalue weighted by Crippen LogP contribution is 2.30. The van der Waals surface area contributed by atoms with Gasteiger partial charge in [0.2, 0.25) is 0 Å². The van der Waals surface area contributed by atoms with E-state index in [4.69, 9.17) is 17.3 Å². The topological polar surface area (TPSA) is 38.9 Å². The van der Waals surface area contributed by atoms with Crippen molar-refractivity contribution in [3.63, 3.8) is 0 Å². The fourth-order valence-corrected chi connectivity index (χ4v) is 3.04. The first-order chi connectivity index (χ1) is 8.47. The lowest BCUT2D eigenvalue weighted by Crippen LogP contribution is -1.96.